The maximum atomic E-state index is 12.1. The van der Waals surface area contributed by atoms with Crippen molar-refractivity contribution < 1.29 is 28.5 Å². The van der Waals surface area contributed by atoms with Crippen LogP contribution in [-0.2, 0) is 10.0 Å². The molecule has 20 heavy (non-hydrogen) atoms. The lowest BCUT2D eigenvalue weighted by Crippen LogP contribution is -2.34. The van der Waals surface area contributed by atoms with Crippen LogP contribution in [0.25, 0.3) is 0 Å². The molecule has 7 nitrogen and oxygen atoms in total. The molecule has 0 saturated heterocycles. The van der Waals surface area contributed by atoms with E-state index in [0.717, 1.165) is 6.07 Å². The lowest BCUT2D eigenvalue weighted by Gasteiger charge is -2.13. The molecule has 1 atom stereocenters. The van der Waals surface area contributed by atoms with E-state index >= 15 is 0 Å². The molecular formula is C11H14BrNO6S. The first kappa shape index (κ1) is 17.1. The van der Waals surface area contributed by atoms with E-state index in [9.17, 15) is 13.2 Å². The second kappa shape index (κ2) is 6.64. The van der Waals surface area contributed by atoms with Crippen molar-refractivity contribution in [2.75, 3.05) is 13.2 Å². The molecule has 4 N–H and O–H groups in total. The van der Waals surface area contributed by atoms with Gasteiger partial charge in [0.15, 0.2) is 0 Å². The van der Waals surface area contributed by atoms with E-state index in [2.05, 4.69) is 20.7 Å². The zero-order valence-corrected chi connectivity index (χ0v) is 12.9. The van der Waals surface area contributed by atoms with Gasteiger partial charge in [0.05, 0.1) is 23.2 Å². The van der Waals surface area contributed by atoms with Crippen molar-refractivity contribution in [1.82, 2.24) is 4.72 Å². The van der Waals surface area contributed by atoms with E-state index in [0.29, 0.717) is 5.56 Å². The van der Waals surface area contributed by atoms with Crippen molar-refractivity contribution >= 4 is 31.9 Å². The maximum Gasteiger partial charge on any atom is 0.335 e. The van der Waals surface area contributed by atoms with Gasteiger partial charge in [0.25, 0.3) is 0 Å². The number of carboxylic acids is 1. The number of hydrogen-bond acceptors (Lipinski definition) is 5. The first-order chi connectivity index (χ1) is 9.19. The molecule has 0 aliphatic carbocycles. The highest BCUT2D eigenvalue weighted by molar-refractivity contribution is 9.10. The number of aromatic carboxylic acids is 1. The molecule has 0 fully saturated rings. The fourth-order valence-electron chi connectivity index (χ4n) is 1.40. The zero-order chi connectivity index (χ0) is 15.5. The number of carbonyl (C=O) groups is 1. The van der Waals surface area contributed by atoms with Crippen LogP contribution in [0.4, 0.5) is 0 Å². The molecular weight excluding hydrogens is 354 g/mol. The second-order valence-corrected chi connectivity index (χ2v) is 6.63. The van der Waals surface area contributed by atoms with Crippen molar-refractivity contribution in [3.63, 3.8) is 0 Å². The van der Waals surface area contributed by atoms with Gasteiger partial charge in [-0.25, -0.2) is 17.9 Å². The summed E-state index contributed by atoms with van der Waals surface area (Å²) in [6, 6.07) is 2.36. The number of halogens is 1. The van der Waals surface area contributed by atoms with Crippen molar-refractivity contribution in [3.05, 3.63) is 27.7 Å². The lowest BCUT2D eigenvalue weighted by molar-refractivity contribution is 0.0696. The Morgan fingerprint density at radius 3 is 2.55 bits per heavy atom. The Bertz CT molecular complexity index is 616. The van der Waals surface area contributed by atoms with Gasteiger partial charge in [-0.3, -0.25) is 0 Å². The monoisotopic (exact) mass is 367 g/mol. The molecule has 0 aliphatic heterocycles. The number of nitrogens with one attached hydrogen (secondary N) is 1. The number of carboxylic acid groups (broad SMARTS) is 1. The standard InChI is InChI=1S/C11H14BrNO6S/c1-6-2-7(11(16)17)3-9(10(6)12)20(18,19)13-4-8(15)5-14/h2-3,8,13-15H,4-5H2,1H3,(H,16,17). The molecule has 0 bridgehead atoms. The molecule has 1 rings (SSSR count). The average molecular weight is 368 g/mol. The summed E-state index contributed by atoms with van der Waals surface area (Å²) in [5, 5.41) is 26.7. The number of rotatable bonds is 6. The minimum atomic E-state index is -4.01. The van der Waals surface area contributed by atoms with Gasteiger partial charge in [-0.2, -0.15) is 0 Å². The van der Waals surface area contributed by atoms with Gasteiger partial charge in [-0.05, 0) is 40.5 Å². The summed E-state index contributed by atoms with van der Waals surface area (Å²) in [6.07, 6.45) is -1.23. The molecule has 0 heterocycles. The summed E-state index contributed by atoms with van der Waals surface area (Å²) in [5.41, 5.74) is 0.293. The molecule has 0 saturated carbocycles. The number of aliphatic hydroxyl groups excluding tert-OH is 2. The van der Waals surface area contributed by atoms with Crippen LogP contribution in [0.15, 0.2) is 21.5 Å². The van der Waals surface area contributed by atoms with Gasteiger partial charge in [-0.1, -0.05) is 0 Å². The summed E-state index contributed by atoms with van der Waals surface area (Å²) >= 11 is 3.10. The number of hydrogen-bond donors (Lipinski definition) is 4. The quantitative estimate of drug-likeness (QED) is 0.564. The molecule has 0 radical (unpaired) electrons. The molecule has 1 aromatic rings. The predicted molar refractivity (Wildman–Crippen MR) is 74.1 cm³/mol. The summed E-state index contributed by atoms with van der Waals surface area (Å²) in [7, 11) is -4.01. The van der Waals surface area contributed by atoms with E-state index in [1.165, 1.54) is 6.07 Å². The third-order valence-corrected chi connectivity index (χ3v) is 5.24. The molecule has 0 aliphatic rings. The first-order valence-electron chi connectivity index (χ1n) is 5.51. The van der Waals surface area contributed by atoms with Crippen LogP contribution in [0.5, 0.6) is 0 Å². The number of benzene rings is 1. The Kier molecular flexibility index (Phi) is 5.66. The topological polar surface area (TPSA) is 124 Å². The van der Waals surface area contributed by atoms with Gasteiger partial charge < -0.3 is 15.3 Å². The summed E-state index contributed by atoms with van der Waals surface area (Å²) in [5.74, 6) is -1.24. The molecule has 0 spiro atoms. The van der Waals surface area contributed by atoms with Crippen molar-refractivity contribution in [2.45, 2.75) is 17.9 Å². The van der Waals surface area contributed by atoms with Gasteiger partial charge >= 0.3 is 5.97 Å². The minimum Gasteiger partial charge on any atom is -0.478 e. The number of sulfonamides is 1. The highest BCUT2D eigenvalue weighted by atomic mass is 79.9. The van der Waals surface area contributed by atoms with Crippen LogP contribution >= 0.6 is 15.9 Å². The van der Waals surface area contributed by atoms with E-state index < -0.39 is 28.7 Å². The smallest absolute Gasteiger partial charge is 0.335 e. The SMILES string of the molecule is Cc1cc(C(=O)O)cc(S(=O)(=O)NCC(O)CO)c1Br. The Labute approximate surface area is 124 Å². The van der Waals surface area contributed by atoms with E-state index in [4.69, 9.17) is 15.3 Å². The third-order valence-electron chi connectivity index (χ3n) is 2.48. The highest BCUT2D eigenvalue weighted by Crippen LogP contribution is 2.27. The molecule has 1 unspecified atom stereocenters. The second-order valence-electron chi connectivity index (χ2n) is 4.10. The zero-order valence-electron chi connectivity index (χ0n) is 10.5. The Morgan fingerprint density at radius 2 is 2.05 bits per heavy atom. The summed E-state index contributed by atoms with van der Waals surface area (Å²) in [6.45, 7) is 0.609. The Hall–Kier alpha value is -1.00. The van der Waals surface area contributed by atoms with Crippen LogP contribution in [0, 0.1) is 6.92 Å². The van der Waals surface area contributed by atoms with Crippen molar-refractivity contribution in [3.8, 4) is 0 Å². The van der Waals surface area contributed by atoms with Gasteiger partial charge in [0, 0.05) is 11.0 Å². The first-order valence-corrected chi connectivity index (χ1v) is 7.78. The third kappa shape index (κ3) is 4.00. The normalized spacial score (nSPS) is 13.2. The molecule has 0 amide bonds. The average Bonchev–Trinajstić information content (AvgIpc) is 2.38. The van der Waals surface area contributed by atoms with Gasteiger partial charge in [-0.15, -0.1) is 0 Å². The number of aliphatic hydroxyl groups is 2. The summed E-state index contributed by atoms with van der Waals surface area (Å²) in [4.78, 5) is 10.7. The fraction of sp³-hybridized carbons (Fsp3) is 0.364. The largest absolute Gasteiger partial charge is 0.478 e. The Balaban J connectivity index is 3.20. The molecule has 1 aromatic carbocycles. The van der Waals surface area contributed by atoms with Crippen LogP contribution in [0.1, 0.15) is 15.9 Å². The maximum absolute atomic E-state index is 12.1. The Morgan fingerprint density at radius 1 is 1.45 bits per heavy atom. The van der Waals surface area contributed by atoms with Crippen LogP contribution in [-0.4, -0.2) is 49.0 Å². The van der Waals surface area contributed by atoms with Gasteiger partial charge in [0.1, 0.15) is 0 Å². The number of aryl methyl sites for hydroxylation is 1. The van der Waals surface area contributed by atoms with Crippen LogP contribution in [0.3, 0.4) is 0 Å². The van der Waals surface area contributed by atoms with Crippen molar-refractivity contribution in [1.29, 1.82) is 0 Å². The van der Waals surface area contributed by atoms with Crippen LogP contribution in [0.2, 0.25) is 0 Å². The van der Waals surface area contributed by atoms with Crippen molar-refractivity contribution in [2.24, 2.45) is 0 Å². The summed E-state index contributed by atoms with van der Waals surface area (Å²) < 4.78 is 26.5. The molecule has 9 heteroatoms. The highest BCUT2D eigenvalue weighted by Gasteiger charge is 2.22. The van der Waals surface area contributed by atoms with Crippen LogP contribution < -0.4 is 4.72 Å². The van der Waals surface area contributed by atoms with Gasteiger partial charge in [0.2, 0.25) is 10.0 Å². The van der Waals surface area contributed by atoms with E-state index in [-0.39, 0.29) is 21.5 Å². The molecule has 112 valence electrons. The lowest BCUT2D eigenvalue weighted by atomic mass is 10.1. The fourth-order valence-corrected chi connectivity index (χ4v) is 3.52. The van der Waals surface area contributed by atoms with E-state index in [1.54, 1.807) is 6.92 Å². The van der Waals surface area contributed by atoms with E-state index in [1.807, 2.05) is 0 Å². The predicted octanol–water partition coefficient (Wildman–Crippen LogP) is 0.0872. The molecule has 0 aromatic heterocycles. The minimum absolute atomic E-state index is 0.159.